The molecule has 0 fully saturated rings. The van der Waals surface area contributed by atoms with Crippen LogP contribution in [0, 0.1) is 5.92 Å². The van der Waals surface area contributed by atoms with Crippen molar-refractivity contribution < 1.29 is 13.5 Å². The van der Waals surface area contributed by atoms with Crippen LogP contribution in [0.25, 0.3) is 0 Å². The van der Waals surface area contributed by atoms with Crippen molar-refractivity contribution in [3.8, 4) is 5.75 Å². The lowest BCUT2D eigenvalue weighted by Gasteiger charge is -2.19. The summed E-state index contributed by atoms with van der Waals surface area (Å²) in [7, 11) is 0. The predicted molar refractivity (Wildman–Crippen MR) is 65.0 cm³/mol. The molecule has 1 atom stereocenters. The first-order valence-electron chi connectivity index (χ1n) is 5.52. The molecule has 6 heteroatoms. The van der Waals surface area contributed by atoms with Gasteiger partial charge in [-0.05, 0) is 12.1 Å². The highest BCUT2D eigenvalue weighted by Crippen LogP contribution is 2.26. The molecule has 1 heterocycles. The smallest absolute Gasteiger partial charge is 0.387 e. The minimum Gasteiger partial charge on any atom is -0.434 e. The van der Waals surface area contributed by atoms with Gasteiger partial charge in [0.15, 0.2) is 0 Å². The van der Waals surface area contributed by atoms with Gasteiger partial charge in [-0.2, -0.15) is 13.9 Å². The summed E-state index contributed by atoms with van der Waals surface area (Å²) >= 11 is 0. The van der Waals surface area contributed by atoms with Crippen molar-refractivity contribution in [2.75, 3.05) is 0 Å². The molecule has 0 radical (unpaired) electrons. The number of hydrogen-bond donors (Lipinski definition) is 1. The molecule has 2 N–H and O–H groups in total. The Morgan fingerprint density at radius 1 is 1.33 bits per heavy atom. The first-order chi connectivity index (χ1) is 8.58. The maximum Gasteiger partial charge on any atom is 0.387 e. The molecule has 0 bridgehead atoms. The Morgan fingerprint density at radius 3 is 2.72 bits per heavy atom. The second-order valence-corrected chi connectivity index (χ2v) is 4.06. The van der Waals surface area contributed by atoms with E-state index in [1.807, 2.05) is 6.92 Å². The first kappa shape index (κ1) is 12.5. The van der Waals surface area contributed by atoms with Gasteiger partial charge in [0.2, 0.25) is 0 Å². The highest BCUT2D eigenvalue weighted by molar-refractivity contribution is 6.07. The Balaban J connectivity index is 2.39. The van der Waals surface area contributed by atoms with Gasteiger partial charge in [0.1, 0.15) is 11.6 Å². The molecule has 0 amide bonds. The standard InChI is InChI=1S/C12H13F2N3O/c1-7-6-10(15)16-17-11(7)8-4-2-3-5-9(8)18-12(13)14/h2-5,7,12H,6H2,1H3,(H2,15,16). The highest BCUT2D eigenvalue weighted by Gasteiger charge is 2.22. The van der Waals surface area contributed by atoms with E-state index in [9.17, 15) is 8.78 Å². The number of hydrogen-bond acceptors (Lipinski definition) is 4. The van der Waals surface area contributed by atoms with E-state index in [2.05, 4.69) is 14.9 Å². The zero-order valence-corrected chi connectivity index (χ0v) is 9.81. The molecule has 1 aliphatic rings. The van der Waals surface area contributed by atoms with Gasteiger partial charge in [-0.3, -0.25) is 0 Å². The normalized spacial score (nSPS) is 19.4. The third kappa shape index (κ3) is 2.64. The number of nitrogens with two attached hydrogens (primary N) is 1. The lowest BCUT2D eigenvalue weighted by molar-refractivity contribution is -0.0499. The van der Waals surface area contributed by atoms with Crippen molar-refractivity contribution in [2.24, 2.45) is 21.9 Å². The fraction of sp³-hybridized carbons (Fsp3) is 0.333. The minimum absolute atomic E-state index is 0.0184. The van der Waals surface area contributed by atoms with Crippen LogP contribution in [0.4, 0.5) is 8.78 Å². The molecule has 0 saturated carbocycles. The van der Waals surface area contributed by atoms with Gasteiger partial charge in [0, 0.05) is 17.9 Å². The van der Waals surface area contributed by atoms with Crippen LogP contribution in [-0.2, 0) is 0 Å². The van der Waals surface area contributed by atoms with Crippen molar-refractivity contribution >= 4 is 11.5 Å². The summed E-state index contributed by atoms with van der Waals surface area (Å²) in [6, 6.07) is 6.54. The van der Waals surface area contributed by atoms with E-state index in [1.54, 1.807) is 18.2 Å². The minimum atomic E-state index is -2.86. The van der Waals surface area contributed by atoms with E-state index < -0.39 is 6.61 Å². The van der Waals surface area contributed by atoms with Gasteiger partial charge >= 0.3 is 6.61 Å². The van der Waals surface area contributed by atoms with Gasteiger partial charge in [-0.25, -0.2) is 0 Å². The largest absolute Gasteiger partial charge is 0.434 e. The molecule has 2 rings (SSSR count). The number of alkyl halides is 2. The molecule has 4 nitrogen and oxygen atoms in total. The van der Waals surface area contributed by atoms with Crippen LogP contribution in [0.15, 0.2) is 34.5 Å². The van der Waals surface area contributed by atoms with Crippen LogP contribution < -0.4 is 10.5 Å². The number of halogens is 2. The zero-order chi connectivity index (χ0) is 13.1. The van der Waals surface area contributed by atoms with Crippen LogP contribution >= 0.6 is 0 Å². The Labute approximate surface area is 103 Å². The zero-order valence-electron chi connectivity index (χ0n) is 9.81. The molecule has 0 spiro atoms. The second kappa shape index (κ2) is 5.12. The van der Waals surface area contributed by atoms with Gasteiger partial charge in [0.25, 0.3) is 0 Å². The van der Waals surface area contributed by atoms with Crippen LogP contribution in [0.5, 0.6) is 5.75 Å². The average molecular weight is 253 g/mol. The number of ether oxygens (including phenoxy) is 1. The highest BCUT2D eigenvalue weighted by atomic mass is 19.3. The fourth-order valence-corrected chi connectivity index (χ4v) is 1.86. The lowest BCUT2D eigenvalue weighted by Crippen LogP contribution is -2.25. The molecular weight excluding hydrogens is 240 g/mol. The molecule has 0 aliphatic carbocycles. The van der Waals surface area contributed by atoms with Crippen molar-refractivity contribution in [2.45, 2.75) is 20.0 Å². The molecule has 1 aliphatic heterocycles. The molecule has 1 unspecified atom stereocenters. The Kier molecular flexibility index (Phi) is 3.55. The van der Waals surface area contributed by atoms with E-state index in [0.717, 1.165) is 0 Å². The van der Waals surface area contributed by atoms with E-state index in [1.165, 1.54) is 6.07 Å². The summed E-state index contributed by atoms with van der Waals surface area (Å²) in [6.45, 7) is -0.946. The monoisotopic (exact) mass is 253 g/mol. The van der Waals surface area contributed by atoms with Crippen molar-refractivity contribution in [3.05, 3.63) is 29.8 Å². The van der Waals surface area contributed by atoms with Gasteiger partial charge in [-0.15, -0.1) is 5.10 Å². The summed E-state index contributed by atoms with van der Waals surface area (Å²) in [5, 5.41) is 7.78. The molecular formula is C12H13F2N3O. The van der Waals surface area contributed by atoms with E-state index in [4.69, 9.17) is 5.73 Å². The molecule has 1 aromatic carbocycles. The van der Waals surface area contributed by atoms with Gasteiger partial charge in [-0.1, -0.05) is 19.1 Å². The summed E-state index contributed by atoms with van der Waals surface area (Å²) in [4.78, 5) is 0. The number of amidine groups is 1. The summed E-state index contributed by atoms with van der Waals surface area (Å²) in [5.74, 6) is 0.567. The summed E-state index contributed by atoms with van der Waals surface area (Å²) in [6.07, 6.45) is 0.557. The van der Waals surface area contributed by atoms with Crippen molar-refractivity contribution in [1.29, 1.82) is 0 Å². The Morgan fingerprint density at radius 2 is 2.06 bits per heavy atom. The number of benzene rings is 1. The topological polar surface area (TPSA) is 60.0 Å². The number of rotatable bonds is 3. The van der Waals surface area contributed by atoms with Gasteiger partial charge < -0.3 is 10.5 Å². The predicted octanol–water partition coefficient (Wildman–Crippen LogP) is 2.39. The summed E-state index contributed by atoms with van der Waals surface area (Å²) < 4.78 is 29.1. The SMILES string of the molecule is CC1CC(N)=NN=C1c1ccccc1OC(F)F. The third-order valence-corrected chi connectivity index (χ3v) is 2.65. The average Bonchev–Trinajstić information content (AvgIpc) is 2.30. The quantitative estimate of drug-likeness (QED) is 0.899. The first-order valence-corrected chi connectivity index (χ1v) is 5.52. The van der Waals surface area contributed by atoms with Crippen LogP contribution in [0.3, 0.4) is 0 Å². The number of nitrogens with zero attached hydrogens (tertiary/aromatic N) is 2. The molecule has 18 heavy (non-hydrogen) atoms. The molecule has 0 aromatic heterocycles. The molecule has 96 valence electrons. The maximum absolute atomic E-state index is 12.3. The Bertz CT molecular complexity index is 500. The molecule has 0 saturated heterocycles. The van der Waals surface area contributed by atoms with E-state index in [-0.39, 0.29) is 11.7 Å². The van der Waals surface area contributed by atoms with Crippen molar-refractivity contribution in [3.63, 3.8) is 0 Å². The second-order valence-electron chi connectivity index (χ2n) is 4.06. The number of para-hydroxylation sites is 1. The van der Waals surface area contributed by atoms with Gasteiger partial charge in [0.05, 0.1) is 5.71 Å². The van der Waals surface area contributed by atoms with E-state index in [0.29, 0.717) is 23.5 Å². The van der Waals surface area contributed by atoms with Crippen LogP contribution in [-0.4, -0.2) is 18.2 Å². The maximum atomic E-state index is 12.3. The lowest BCUT2D eigenvalue weighted by atomic mass is 9.94. The molecule has 1 aromatic rings. The van der Waals surface area contributed by atoms with Crippen molar-refractivity contribution in [1.82, 2.24) is 0 Å². The summed E-state index contributed by atoms with van der Waals surface area (Å²) in [5.41, 5.74) is 6.72. The third-order valence-electron chi connectivity index (χ3n) is 2.65. The van der Waals surface area contributed by atoms with E-state index >= 15 is 0 Å². The Hall–Kier alpha value is -1.98. The van der Waals surface area contributed by atoms with Crippen LogP contribution in [0.2, 0.25) is 0 Å². The fourth-order valence-electron chi connectivity index (χ4n) is 1.86. The van der Waals surface area contributed by atoms with Crippen LogP contribution in [0.1, 0.15) is 18.9 Å².